The summed E-state index contributed by atoms with van der Waals surface area (Å²) in [6.07, 6.45) is 0.233. The van der Waals surface area contributed by atoms with Crippen molar-refractivity contribution in [2.24, 2.45) is 0 Å². The third-order valence-corrected chi connectivity index (χ3v) is 4.09. The van der Waals surface area contributed by atoms with Crippen molar-refractivity contribution in [1.29, 1.82) is 0 Å². The Morgan fingerprint density at radius 3 is 2.32 bits per heavy atom. The molecule has 1 aromatic carbocycles. The average Bonchev–Trinajstić information content (AvgIpc) is 2.81. The van der Waals surface area contributed by atoms with Crippen LogP contribution in [0.1, 0.15) is 0 Å². The van der Waals surface area contributed by atoms with Gasteiger partial charge in [-0.2, -0.15) is 0 Å². The van der Waals surface area contributed by atoms with Crippen LogP contribution < -0.4 is 9.64 Å². The smallest absolute Gasteiger partial charge is 0.465 e. The number of allylic oxidation sites excluding steroid dienone is 2. The molecule has 1 heterocycles. The zero-order chi connectivity index (χ0) is 21.1. The number of esters is 2. The lowest BCUT2D eigenvalue weighted by atomic mass is 10.1. The number of hydrogen-bond donors (Lipinski definition) is 0. The molecule has 1 aliphatic heterocycles. The number of rotatable bonds is 4. The molecule has 0 radical (unpaired) electrons. The van der Waals surface area contributed by atoms with E-state index in [1.807, 2.05) is 0 Å². The second kappa shape index (κ2) is 8.70. The Morgan fingerprint density at radius 2 is 1.75 bits per heavy atom. The van der Waals surface area contributed by atoms with Gasteiger partial charge in [0, 0.05) is 10.7 Å². The summed E-state index contributed by atoms with van der Waals surface area (Å²) in [7, 11) is 2.14. The molecule has 0 saturated carbocycles. The molecule has 0 N–H and O–H groups in total. The summed E-state index contributed by atoms with van der Waals surface area (Å²) in [5.41, 5.74) is -0.990. The zero-order valence-electron chi connectivity index (χ0n) is 14.3. The van der Waals surface area contributed by atoms with Crippen molar-refractivity contribution >= 4 is 45.2 Å². The number of ether oxygens (including phenoxy) is 3. The fourth-order valence-electron chi connectivity index (χ4n) is 2.32. The number of methoxy groups -OCH3 is 2. The predicted molar refractivity (Wildman–Crippen MR) is 97.7 cm³/mol. The first-order valence-electron chi connectivity index (χ1n) is 7.38. The number of carbonyl (C=O) groups is 2. The number of alkyl halides is 3. The number of anilines is 1. The minimum Gasteiger partial charge on any atom is -0.465 e. The molecule has 0 saturated heterocycles. The van der Waals surface area contributed by atoms with Crippen LogP contribution in [0.25, 0.3) is 0 Å². The molecule has 0 atom stereocenters. The van der Waals surface area contributed by atoms with Gasteiger partial charge in [0.25, 0.3) is 0 Å². The molecule has 1 aromatic rings. The quantitative estimate of drug-likeness (QED) is 0.589. The lowest BCUT2D eigenvalue weighted by Gasteiger charge is -2.26. The number of benzene rings is 1. The van der Waals surface area contributed by atoms with E-state index in [9.17, 15) is 22.8 Å². The first-order chi connectivity index (χ1) is 13.1. The lowest BCUT2D eigenvalue weighted by Crippen LogP contribution is -2.28. The Kier molecular flexibility index (Phi) is 6.78. The van der Waals surface area contributed by atoms with E-state index in [0.717, 1.165) is 25.2 Å². The zero-order valence-corrected chi connectivity index (χ0v) is 16.7. The molecule has 11 heteroatoms. The van der Waals surface area contributed by atoms with Gasteiger partial charge < -0.3 is 19.1 Å². The van der Waals surface area contributed by atoms with Gasteiger partial charge >= 0.3 is 18.3 Å². The van der Waals surface area contributed by atoms with Crippen molar-refractivity contribution in [1.82, 2.24) is 0 Å². The highest BCUT2D eigenvalue weighted by molar-refractivity contribution is 9.10. The van der Waals surface area contributed by atoms with Gasteiger partial charge in [-0.15, -0.1) is 13.2 Å². The Bertz CT molecular complexity index is 896. The predicted octanol–water partition coefficient (Wildman–Crippen LogP) is 4.49. The maximum atomic E-state index is 12.9. The highest BCUT2D eigenvalue weighted by Gasteiger charge is 2.36. The summed E-state index contributed by atoms with van der Waals surface area (Å²) in [6, 6.07) is 2.33. The van der Waals surface area contributed by atoms with E-state index in [0.29, 0.717) is 0 Å². The van der Waals surface area contributed by atoms with E-state index in [4.69, 9.17) is 16.3 Å². The van der Waals surface area contributed by atoms with E-state index < -0.39 is 29.7 Å². The normalized spacial score (nSPS) is 14.0. The van der Waals surface area contributed by atoms with Crippen LogP contribution in [0.4, 0.5) is 18.9 Å². The molecule has 0 bridgehead atoms. The minimum atomic E-state index is -5.03. The molecule has 28 heavy (non-hydrogen) atoms. The topological polar surface area (TPSA) is 65.1 Å². The molecule has 150 valence electrons. The van der Waals surface area contributed by atoms with E-state index in [-0.39, 0.29) is 20.8 Å². The van der Waals surface area contributed by atoms with E-state index in [2.05, 4.69) is 25.4 Å². The highest BCUT2D eigenvalue weighted by atomic mass is 79.9. The van der Waals surface area contributed by atoms with Crippen LogP contribution in [0, 0.1) is 0 Å². The Morgan fingerprint density at radius 1 is 1.11 bits per heavy atom. The molecule has 0 fully saturated rings. The fraction of sp³-hybridized carbons (Fsp3) is 0.176. The van der Waals surface area contributed by atoms with Crippen molar-refractivity contribution in [3.05, 3.63) is 57.3 Å². The summed E-state index contributed by atoms with van der Waals surface area (Å²) in [5, 5.41) is -0.189. The van der Waals surface area contributed by atoms with Gasteiger partial charge in [0.15, 0.2) is 5.75 Å². The largest absolute Gasteiger partial charge is 0.573 e. The van der Waals surface area contributed by atoms with Gasteiger partial charge in [-0.1, -0.05) is 33.6 Å². The summed E-state index contributed by atoms with van der Waals surface area (Å²) >= 11 is 9.20. The van der Waals surface area contributed by atoms with Crippen molar-refractivity contribution in [2.75, 3.05) is 19.1 Å². The summed E-state index contributed by atoms with van der Waals surface area (Å²) in [4.78, 5) is 25.5. The summed E-state index contributed by atoms with van der Waals surface area (Å²) in [5.74, 6) is -2.62. The van der Waals surface area contributed by atoms with Crippen LogP contribution in [0.5, 0.6) is 5.75 Å². The van der Waals surface area contributed by atoms with Gasteiger partial charge in [-0.3, -0.25) is 0 Å². The fourth-order valence-corrected chi connectivity index (χ4v) is 3.19. The van der Waals surface area contributed by atoms with E-state index >= 15 is 0 Å². The molecule has 6 nitrogen and oxygen atoms in total. The molecule has 0 unspecified atom stereocenters. The molecular weight excluding hydrogens is 471 g/mol. The SMILES string of the molecule is COC(=O)C1=C(C(=O)OC)N(c2c(Cl)cc(Br)cc2OC(F)(F)F)C=CC=C1. The second-order valence-corrected chi connectivity index (χ2v) is 6.42. The van der Waals surface area contributed by atoms with Crippen LogP contribution in [-0.2, 0) is 19.1 Å². The van der Waals surface area contributed by atoms with E-state index in [1.165, 1.54) is 30.5 Å². The molecule has 0 aromatic heterocycles. The van der Waals surface area contributed by atoms with Crippen LogP contribution >= 0.6 is 27.5 Å². The second-order valence-electron chi connectivity index (χ2n) is 5.10. The highest BCUT2D eigenvalue weighted by Crippen LogP contribution is 2.43. The van der Waals surface area contributed by atoms with Crippen molar-refractivity contribution in [3.8, 4) is 5.75 Å². The van der Waals surface area contributed by atoms with E-state index in [1.54, 1.807) is 0 Å². The maximum absolute atomic E-state index is 12.9. The average molecular weight is 483 g/mol. The monoisotopic (exact) mass is 481 g/mol. The van der Waals surface area contributed by atoms with Gasteiger partial charge in [0.05, 0.1) is 24.8 Å². The molecule has 0 aliphatic carbocycles. The standard InChI is InChI=1S/C17H12BrClF3NO5/c1-26-15(24)10-5-3-4-6-23(13(10)16(25)27-2)14-11(19)7-9(18)8-12(14)28-17(20,21)22/h3-8H,1-2H3. The number of hydrogen-bond acceptors (Lipinski definition) is 6. The van der Waals surface area contributed by atoms with Crippen LogP contribution in [-0.4, -0.2) is 32.5 Å². The third kappa shape index (κ3) is 4.87. The maximum Gasteiger partial charge on any atom is 0.573 e. The first-order valence-corrected chi connectivity index (χ1v) is 8.56. The third-order valence-electron chi connectivity index (χ3n) is 3.35. The van der Waals surface area contributed by atoms with Crippen molar-refractivity contribution < 1.29 is 37.0 Å². The Hall–Kier alpha value is -2.46. The summed E-state index contributed by atoms with van der Waals surface area (Å²) < 4.78 is 52.3. The van der Waals surface area contributed by atoms with Crippen molar-refractivity contribution in [3.63, 3.8) is 0 Å². The molecular formula is C17H12BrClF3NO5. The van der Waals surface area contributed by atoms with Crippen LogP contribution in [0.2, 0.25) is 5.02 Å². The molecule has 0 spiro atoms. The Balaban J connectivity index is 2.80. The molecule has 2 rings (SSSR count). The molecule has 0 amide bonds. The van der Waals surface area contributed by atoms with Gasteiger partial charge in [-0.05, 0) is 24.3 Å². The lowest BCUT2D eigenvalue weighted by molar-refractivity contribution is -0.274. The minimum absolute atomic E-state index is 0.189. The van der Waals surface area contributed by atoms with Crippen LogP contribution in [0.3, 0.4) is 0 Å². The number of nitrogens with zero attached hydrogens (tertiary/aromatic N) is 1. The number of carbonyl (C=O) groups excluding carboxylic acids is 2. The van der Waals surface area contributed by atoms with Gasteiger partial charge in [0.1, 0.15) is 11.4 Å². The van der Waals surface area contributed by atoms with Crippen molar-refractivity contribution in [2.45, 2.75) is 6.36 Å². The van der Waals surface area contributed by atoms with Crippen LogP contribution in [0.15, 0.2) is 52.3 Å². The first kappa shape index (κ1) is 21.8. The number of halogens is 5. The Labute approximate surface area is 170 Å². The summed E-state index contributed by atoms with van der Waals surface area (Å²) in [6.45, 7) is 0. The van der Waals surface area contributed by atoms with Gasteiger partial charge in [-0.25, -0.2) is 9.59 Å². The van der Waals surface area contributed by atoms with Gasteiger partial charge in [0.2, 0.25) is 0 Å². The molecule has 1 aliphatic rings.